The van der Waals surface area contributed by atoms with Crippen molar-refractivity contribution in [2.75, 3.05) is 19.0 Å². The predicted molar refractivity (Wildman–Crippen MR) is 98.7 cm³/mol. The molecule has 0 unspecified atom stereocenters. The van der Waals surface area contributed by atoms with Gasteiger partial charge in [0.2, 0.25) is 11.8 Å². The Kier molecular flexibility index (Phi) is 6.49. The minimum atomic E-state index is -0.538. The number of esters is 1. The number of anilines is 1. The Morgan fingerprint density at radius 2 is 1.69 bits per heavy atom. The van der Waals surface area contributed by atoms with Crippen LogP contribution in [0, 0.1) is 6.92 Å². The number of amides is 2. The van der Waals surface area contributed by atoms with E-state index in [1.54, 1.807) is 24.3 Å². The molecule has 0 saturated heterocycles. The maximum Gasteiger partial charge on any atom is 0.339 e. The smallest absolute Gasteiger partial charge is 0.339 e. The van der Waals surface area contributed by atoms with E-state index < -0.39 is 5.97 Å². The van der Waals surface area contributed by atoms with Crippen molar-refractivity contribution < 1.29 is 19.1 Å². The fraction of sp³-hybridized carbons (Fsp3) is 0.250. The third-order valence-electron chi connectivity index (χ3n) is 4.01. The molecule has 2 aromatic carbocycles. The summed E-state index contributed by atoms with van der Waals surface area (Å²) in [5.41, 5.74) is 2.64. The molecule has 2 rings (SSSR count). The molecule has 1 N–H and O–H groups in total. The number of para-hydroxylation sites is 1. The number of aryl methyl sites for hydroxylation is 1. The van der Waals surface area contributed by atoms with E-state index in [0.717, 1.165) is 11.1 Å². The Labute approximate surface area is 152 Å². The van der Waals surface area contributed by atoms with Gasteiger partial charge in [0.05, 0.1) is 18.4 Å². The van der Waals surface area contributed by atoms with Crippen LogP contribution in [0.15, 0.2) is 48.5 Å². The van der Waals surface area contributed by atoms with Crippen molar-refractivity contribution in [1.29, 1.82) is 0 Å². The van der Waals surface area contributed by atoms with Gasteiger partial charge in [-0.2, -0.15) is 0 Å². The van der Waals surface area contributed by atoms with Crippen LogP contribution in [0.25, 0.3) is 0 Å². The molecule has 26 heavy (non-hydrogen) atoms. The van der Waals surface area contributed by atoms with E-state index in [1.165, 1.54) is 18.9 Å². The van der Waals surface area contributed by atoms with Gasteiger partial charge >= 0.3 is 5.97 Å². The highest BCUT2D eigenvalue weighted by Crippen LogP contribution is 2.16. The highest BCUT2D eigenvalue weighted by atomic mass is 16.5. The molecule has 0 bridgehead atoms. The average molecular weight is 354 g/mol. The number of carbonyl (C=O) groups excluding carboxylic acids is 3. The lowest BCUT2D eigenvalue weighted by Crippen LogP contribution is -2.36. The molecule has 0 spiro atoms. The zero-order valence-corrected chi connectivity index (χ0v) is 15.1. The predicted octanol–water partition coefficient (Wildman–Crippen LogP) is 2.77. The highest BCUT2D eigenvalue weighted by Gasteiger charge is 2.17. The SMILES string of the molecule is COC(=O)c1ccccc1NC(=O)CN(Cc1ccccc1C)C(C)=O. The molecule has 0 aromatic heterocycles. The lowest BCUT2D eigenvalue weighted by atomic mass is 10.1. The van der Waals surface area contributed by atoms with E-state index in [4.69, 9.17) is 4.74 Å². The first kappa shape index (κ1) is 19.2. The van der Waals surface area contributed by atoms with Gasteiger partial charge in [0, 0.05) is 13.5 Å². The Hall–Kier alpha value is -3.15. The normalized spacial score (nSPS) is 10.1. The van der Waals surface area contributed by atoms with Crippen LogP contribution in [-0.4, -0.2) is 36.3 Å². The number of methoxy groups -OCH3 is 1. The Morgan fingerprint density at radius 1 is 1.04 bits per heavy atom. The van der Waals surface area contributed by atoms with Crippen molar-refractivity contribution in [3.63, 3.8) is 0 Å². The van der Waals surface area contributed by atoms with E-state index in [2.05, 4.69) is 5.32 Å². The van der Waals surface area contributed by atoms with Crippen LogP contribution in [-0.2, 0) is 20.9 Å². The molecule has 0 fully saturated rings. The van der Waals surface area contributed by atoms with Gasteiger partial charge in [0.1, 0.15) is 6.54 Å². The van der Waals surface area contributed by atoms with Gasteiger partial charge in [0.15, 0.2) is 0 Å². The highest BCUT2D eigenvalue weighted by molar-refractivity contribution is 6.02. The van der Waals surface area contributed by atoms with Crippen molar-refractivity contribution in [1.82, 2.24) is 4.90 Å². The lowest BCUT2D eigenvalue weighted by Gasteiger charge is -2.22. The molecule has 0 atom stereocenters. The number of carbonyl (C=O) groups is 3. The Morgan fingerprint density at radius 3 is 2.35 bits per heavy atom. The van der Waals surface area contributed by atoms with Gasteiger partial charge in [0.25, 0.3) is 0 Å². The minimum absolute atomic E-state index is 0.112. The van der Waals surface area contributed by atoms with Crippen LogP contribution >= 0.6 is 0 Å². The monoisotopic (exact) mass is 354 g/mol. The molecule has 136 valence electrons. The molecule has 0 aliphatic rings. The van der Waals surface area contributed by atoms with Gasteiger partial charge in [-0.25, -0.2) is 4.79 Å². The molecule has 0 radical (unpaired) electrons. The minimum Gasteiger partial charge on any atom is -0.465 e. The molecule has 0 aliphatic heterocycles. The van der Waals surface area contributed by atoms with E-state index >= 15 is 0 Å². The van der Waals surface area contributed by atoms with Gasteiger partial charge in [-0.1, -0.05) is 36.4 Å². The summed E-state index contributed by atoms with van der Waals surface area (Å²) in [5.74, 6) is -1.13. The molecule has 2 aromatic rings. The lowest BCUT2D eigenvalue weighted by molar-refractivity contribution is -0.133. The van der Waals surface area contributed by atoms with Crippen molar-refractivity contribution in [2.24, 2.45) is 0 Å². The van der Waals surface area contributed by atoms with Crippen LogP contribution in [0.1, 0.15) is 28.4 Å². The number of benzene rings is 2. The molecule has 0 heterocycles. The molecule has 2 amide bonds. The fourth-order valence-corrected chi connectivity index (χ4v) is 2.51. The molecule has 0 saturated carbocycles. The summed E-state index contributed by atoms with van der Waals surface area (Å²) in [5, 5.41) is 2.68. The first-order valence-corrected chi connectivity index (χ1v) is 8.19. The number of ether oxygens (including phenoxy) is 1. The number of hydrogen-bond acceptors (Lipinski definition) is 4. The summed E-state index contributed by atoms with van der Waals surface area (Å²) in [6.07, 6.45) is 0. The maximum atomic E-state index is 12.4. The van der Waals surface area contributed by atoms with E-state index in [9.17, 15) is 14.4 Å². The van der Waals surface area contributed by atoms with E-state index in [0.29, 0.717) is 12.2 Å². The topological polar surface area (TPSA) is 75.7 Å². The van der Waals surface area contributed by atoms with Crippen molar-refractivity contribution >= 4 is 23.5 Å². The van der Waals surface area contributed by atoms with Crippen LogP contribution in [0.2, 0.25) is 0 Å². The Balaban J connectivity index is 2.11. The zero-order chi connectivity index (χ0) is 19.1. The maximum absolute atomic E-state index is 12.4. The van der Waals surface area contributed by atoms with Crippen LogP contribution < -0.4 is 5.32 Å². The van der Waals surface area contributed by atoms with Crippen molar-refractivity contribution in [3.8, 4) is 0 Å². The fourth-order valence-electron chi connectivity index (χ4n) is 2.51. The standard InChI is InChI=1S/C20H22N2O4/c1-14-8-4-5-9-16(14)12-22(15(2)23)13-19(24)21-18-11-7-6-10-17(18)20(25)26-3/h4-11H,12-13H2,1-3H3,(H,21,24). The largest absolute Gasteiger partial charge is 0.465 e. The summed E-state index contributed by atoms with van der Waals surface area (Å²) in [7, 11) is 1.28. The first-order chi connectivity index (χ1) is 12.4. The number of nitrogens with zero attached hydrogens (tertiary/aromatic N) is 1. The van der Waals surface area contributed by atoms with E-state index in [-0.39, 0.29) is 23.9 Å². The van der Waals surface area contributed by atoms with Gasteiger partial charge in [-0.15, -0.1) is 0 Å². The second-order valence-corrected chi connectivity index (χ2v) is 5.89. The number of rotatable bonds is 6. The molecular formula is C20H22N2O4. The third-order valence-corrected chi connectivity index (χ3v) is 4.01. The summed E-state index contributed by atoms with van der Waals surface area (Å²) >= 11 is 0. The van der Waals surface area contributed by atoms with Crippen LogP contribution in [0.4, 0.5) is 5.69 Å². The van der Waals surface area contributed by atoms with Crippen molar-refractivity contribution in [3.05, 3.63) is 65.2 Å². The molecule has 6 heteroatoms. The number of nitrogens with one attached hydrogen (secondary N) is 1. The van der Waals surface area contributed by atoms with Crippen LogP contribution in [0.3, 0.4) is 0 Å². The quantitative estimate of drug-likeness (QED) is 0.810. The average Bonchev–Trinajstić information content (AvgIpc) is 2.62. The number of hydrogen-bond donors (Lipinski definition) is 1. The summed E-state index contributed by atoms with van der Waals surface area (Å²) in [6, 6.07) is 14.3. The second-order valence-electron chi connectivity index (χ2n) is 5.89. The third kappa shape index (κ3) is 4.92. The van der Waals surface area contributed by atoms with Gasteiger partial charge in [-0.05, 0) is 30.2 Å². The Bertz CT molecular complexity index is 817. The van der Waals surface area contributed by atoms with Crippen LogP contribution in [0.5, 0.6) is 0 Å². The van der Waals surface area contributed by atoms with Crippen molar-refractivity contribution in [2.45, 2.75) is 20.4 Å². The molecule has 0 aliphatic carbocycles. The molecular weight excluding hydrogens is 332 g/mol. The molecule has 6 nitrogen and oxygen atoms in total. The van der Waals surface area contributed by atoms with E-state index in [1.807, 2.05) is 31.2 Å². The van der Waals surface area contributed by atoms with Gasteiger partial charge < -0.3 is 15.0 Å². The summed E-state index contributed by atoms with van der Waals surface area (Å²) in [4.78, 5) is 37.6. The van der Waals surface area contributed by atoms with Gasteiger partial charge in [-0.3, -0.25) is 9.59 Å². The summed E-state index contributed by atoms with van der Waals surface area (Å²) < 4.78 is 4.72. The first-order valence-electron chi connectivity index (χ1n) is 8.19. The summed E-state index contributed by atoms with van der Waals surface area (Å²) in [6.45, 7) is 3.61. The second kappa shape index (κ2) is 8.80. The zero-order valence-electron chi connectivity index (χ0n) is 15.1.